The summed E-state index contributed by atoms with van der Waals surface area (Å²) in [6.45, 7) is 4.80. The van der Waals surface area contributed by atoms with Crippen molar-refractivity contribution < 1.29 is 37.4 Å². The van der Waals surface area contributed by atoms with Crippen LogP contribution in [-0.4, -0.2) is 72.1 Å². The molecule has 0 aliphatic carbocycles. The van der Waals surface area contributed by atoms with Crippen LogP contribution in [0.5, 0.6) is 11.5 Å². The van der Waals surface area contributed by atoms with Gasteiger partial charge >= 0.3 is 0 Å². The molecule has 4 rings (SSSR count). The smallest absolute Gasteiger partial charge is 0.270 e. The monoisotopic (exact) mass is 691 g/mol. The lowest BCUT2D eigenvalue weighted by atomic mass is 10.1. The molecule has 3 aromatic carbocycles. The molecule has 4 atom stereocenters. The molecule has 14 heteroatoms. The first-order valence-electron chi connectivity index (χ1n) is 15.7. The van der Waals surface area contributed by atoms with Crippen molar-refractivity contribution in [2.75, 3.05) is 7.11 Å². The van der Waals surface area contributed by atoms with Gasteiger partial charge in [0.15, 0.2) is 11.5 Å². The van der Waals surface area contributed by atoms with Gasteiger partial charge in [0.2, 0.25) is 21.8 Å². The number of ether oxygens (including phenoxy) is 2. The highest BCUT2D eigenvalue weighted by atomic mass is 32.2. The van der Waals surface area contributed by atoms with E-state index in [0.717, 1.165) is 9.69 Å². The molecule has 0 fully saturated rings. The Balaban J connectivity index is 1.70. The van der Waals surface area contributed by atoms with Crippen LogP contribution >= 0.6 is 0 Å². The molecule has 0 radical (unpaired) electrons. The first kappa shape index (κ1) is 36.8. The summed E-state index contributed by atoms with van der Waals surface area (Å²) in [7, 11) is -3.05. The van der Waals surface area contributed by atoms with Gasteiger partial charge in [-0.05, 0) is 50.1 Å². The SMILES string of the molecule is CCC(C)Oc1cc(S(=O)(=O)N(Cc2ccccc2)[C@H](NC(=O)[C@H](CC(N)=O)NC(=O)c2ccc3ccccc3n2)[C@@H](C)O)ccc1OC. The van der Waals surface area contributed by atoms with E-state index in [0.29, 0.717) is 23.3 Å². The predicted molar refractivity (Wildman–Crippen MR) is 183 cm³/mol. The summed E-state index contributed by atoms with van der Waals surface area (Å²) in [5, 5.41) is 16.8. The second-order valence-corrected chi connectivity index (χ2v) is 13.4. The lowest BCUT2D eigenvalue weighted by Crippen LogP contribution is -2.59. The molecule has 13 nitrogen and oxygen atoms in total. The number of hydrogen-bond donors (Lipinski definition) is 4. The Labute approximate surface area is 285 Å². The number of nitrogens with zero attached hydrogens (tertiary/aromatic N) is 2. The van der Waals surface area contributed by atoms with Crippen LogP contribution in [0.25, 0.3) is 10.9 Å². The van der Waals surface area contributed by atoms with Gasteiger partial charge in [-0.25, -0.2) is 13.4 Å². The number of hydrogen-bond acceptors (Lipinski definition) is 9. The number of nitrogens with one attached hydrogen (secondary N) is 2. The largest absolute Gasteiger partial charge is 0.493 e. The fourth-order valence-corrected chi connectivity index (χ4v) is 6.57. The van der Waals surface area contributed by atoms with E-state index in [-0.39, 0.29) is 29.0 Å². The molecule has 0 bridgehead atoms. The van der Waals surface area contributed by atoms with Gasteiger partial charge in [-0.15, -0.1) is 0 Å². The predicted octanol–water partition coefficient (Wildman–Crippen LogP) is 3.11. The van der Waals surface area contributed by atoms with Gasteiger partial charge in [0.25, 0.3) is 5.91 Å². The number of pyridine rings is 1. The van der Waals surface area contributed by atoms with Gasteiger partial charge in [-0.2, -0.15) is 4.31 Å². The van der Waals surface area contributed by atoms with Gasteiger partial charge < -0.3 is 30.9 Å². The Kier molecular flexibility index (Phi) is 12.3. The van der Waals surface area contributed by atoms with Crippen molar-refractivity contribution in [2.24, 2.45) is 5.73 Å². The first-order valence-corrected chi connectivity index (χ1v) is 17.1. The van der Waals surface area contributed by atoms with Crippen molar-refractivity contribution in [3.63, 3.8) is 0 Å². The number of para-hydroxylation sites is 1. The lowest BCUT2D eigenvalue weighted by Gasteiger charge is -2.34. The fraction of sp³-hybridized carbons (Fsp3) is 0.314. The highest BCUT2D eigenvalue weighted by molar-refractivity contribution is 7.89. The normalized spacial score (nSPS) is 14.0. The minimum Gasteiger partial charge on any atom is -0.493 e. The number of carbonyl (C=O) groups excluding carboxylic acids is 3. The zero-order valence-electron chi connectivity index (χ0n) is 27.7. The van der Waals surface area contributed by atoms with E-state index in [1.54, 1.807) is 48.5 Å². The molecular formula is C35H41N5O8S. The minimum absolute atomic E-state index is 0.0174. The lowest BCUT2D eigenvalue weighted by molar-refractivity contribution is -0.129. The van der Waals surface area contributed by atoms with Crippen molar-refractivity contribution in [3.8, 4) is 11.5 Å². The number of methoxy groups -OCH3 is 1. The Hall–Kier alpha value is -5.05. The average Bonchev–Trinajstić information content (AvgIpc) is 3.09. The van der Waals surface area contributed by atoms with E-state index < -0.39 is 52.5 Å². The Morgan fingerprint density at radius 3 is 2.29 bits per heavy atom. The van der Waals surface area contributed by atoms with E-state index in [1.807, 2.05) is 26.0 Å². The van der Waals surface area contributed by atoms with E-state index in [9.17, 15) is 27.9 Å². The Morgan fingerprint density at radius 2 is 1.63 bits per heavy atom. The number of rotatable bonds is 16. The maximum absolute atomic E-state index is 14.4. The zero-order valence-corrected chi connectivity index (χ0v) is 28.5. The molecule has 0 saturated carbocycles. The molecule has 3 amide bonds. The number of primary amides is 1. The first-order chi connectivity index (χ1) is 23.3. The summed E-state index contributed by atoms with van der Waals surface area (Å²) in [5.74, 6) is -2.10. The van der Waals surface area contributed by atoms with Gasteiger partial charge in [0.1, 0.15) is 17.9 Å². The molecular weight excluding hydrogens is 650 g/mol. The van der Waals surface area contributed by atoms with E-state index in [4.69, 9.17) is 15.2 Å². The Bertz CT molecular complexity index is 1890. The second-order valence-electron chi connectivity index (χ2n) is 11.5. The zero-order chi connectivity index (χ0) is 35.7. The van der Waals surface area contributed by atoms with Crippen molar-refractivity contribution in [1.29, 1.82) is 0 Å². The van der Waals surface area contributed by atoms with Gasteiger partial charge in [0, 0.05) is 18.0 Å². The summed E-state index contributed by atoms with van der Waals surface area (Å²) in [6, 6.07) is 21.5. The topological polar surface area (TPSA) is 190 Å². The maximum atomic E-state index is 14.4. The number of benzene rings is 3. The molecule has 0 aliphatic heterocycles. The number of sulfonamides is 1. The molecule has 260 valence electrons. The number of amides is 3. The third-order valence-corrected chi connectivity index (χ3v) is 9.56. The Morgan fingerprint density at radius 1 is 0.939 bits per heavy atom. The molecule has 0 spiro atoms. The van der Waals surface area contributed by atoms with Gasteiger partial charge in [-0.1, -0.05) is 61.5 Å². The summed E-state index contributed by atoms with van der Waals surface area (Å²) in [5.41, 5.74) is 6.51. The highest BCUT2D eigenvalue weighted by Gasteiger charge is 2.38. The van der Waals surface area contributed by atoms with Crippen LogP contribution in [0, 0.1) is 0 Å². The van der Waals surface area contributed by atoms with Gasteiger partial charge in [0.05, 0.1) is 36.2 Å². The third kappa shape index (κ3) is 9.31. The molecule has 0 aliphatic rings. The summed E-state index contributed by atoms with van der Waals surface area (Å²) in [6.07, 6.45) is -3.25. The highest BCUT2D eigenvalue weighted by Crippen LogP contribution is 2.33. The summed E-state index contributed by atoms with van der Waals surface area (Å²) < 4.78 is 41.1. The van der Waals surface area contributed by atoms with Crippen LogP contribution < -0.4 is 25.8 Å². The van der Waals surface area contributed by atoms with Crippen LogP contribution in [0.15, 0.2) is 89.8 Å². The third-order valence-electron chi connectivity index (χ3n) is 7.74. The van der Waals surface area contributed by atoms with Crippen LogP contribution in [-0.2, 0) is 26.2 Å². The average molecular weight is 692 g/mol. The number of aliphatic hydroxyl groups excluding tert-OH is 1. The summed E-state index contributed by atoms with van der Waals surface area (Å²) in [4.78, 5) is 43.2. The molecule has 49 heavy (non-hydrogen) atoms. The number of fused-ring (bicyclic) bond motifs is 1. The maximum Gasteiger partial charge on any atom is 0.270 e. The molecule has 1 heterocycles. The molecule has 1 aromatic heterocycles. The van der Waals surface area contributed by atoms with Crippen molar-refractivity contribution in [3.05, 3.63) is 96.2 Å². The second kappa shape index (κ2) is 16.4. The van der Waals surface area contributed by atoms with E-state index in [1.165, 1.54) is 38.3 Å². The van der Waals surface area contributed by atoms with Gasteiger partial charge in [-0.3, -0.25) is 14.4 Å². The van der Waals surface area contributed by atoms with Crippen LogP contribution in [0.2, 0.25) is 0 Å². The van der Waals surface area contributed by atoms with Crippen LogP contribution in [0.1, 0.15) is 49.7 Å². The fourth-order valence-electron chi connectivity index (χ4n) is 4.96. The number of nitrogens with two attached hydrogens (primary N) is 1. The van der Waals surface area contributed by atoms with Crippen molar-refractivity contribution in [2.45, 2.75) is 69.5 Å². The van der Waals surface area contributed by atoms with Crippen molar-refractivity contribution >= 4 is 38.6 Å². The number of aliphatic hydroxyl groups is 1. The summed E-state index contributed by atoms with van der Waals surface area (Å²) >= 11 is 0. The number of aromatic nitrogens is 1. The van der Waals surface area contributed by atoms with E-state index in [2.05, 4.69) is 15.6 Å². The number of carbonyl (C=O) groups is 3. The standard InChI is InChI=1S/C35H41N5O8S/c1-5-22(2)48-31-19-26(16-18-30(31)47-4)49(45,46)40(21-24-11-7-6-8-12-24)33(23(3)41)39-35(44)29(20-32(36)42)38-34(43)28-17-15-25-13-9-10-14-27(25)37-28/h6-19,22-23,29,33,41H,5,20-21H2,1-4H3,(H2,36,42)(H,38,43)(H,39,44)/t22?,23-,29+,33+/m1/s1. The molecule has 5 N–H and O–H groups in total. The molecule has 0 saturated heterocycles. The van der Waals surface area contributed by atoms with E-state index >= 15 is 0 Å². The van der Waals surface area contributed by atoms with Crippen LogP contribution in [0.3, 0.4) is 0 Å². The molecule has 1 unspecified atom stereocenters. The van der Waals surface area contributed by atoms with Crippen LogP contribution in [0.4, 0.5) is 0 Å². The minimum atomic E-state index is -4.48. The van der Waals surface area contributed by atoms with Crippen molar-refractivity contribution in [1.82, 2.24) is 19.9 Å². The quantitative estimate of drug-likeness (QED) is 0.128. The molecule has 4 aromatic rings.